The van der Waals surface area contributed by atoms with E-state index in [-0.39, 0.29) is 12.2 Å². The highest BCUT2D eigenvalue weighted by Crippen LogP contribution is 2.22. The molecule has 0 N–H and O–H groups in total. The Kier molecular flexibility index (Phi) is 3.08. The second-order valence-electron chi connectivity index (χ2n) is 3.61. The number of Topliss-reactive ketones (excluding diaryl/α,β-unsaturated/α-hetero) is 1. The van der Waals surface area contributed by atoms with Crippen LogP contribution in [0.3, 0.4) is 0 Å². The number of azide groups is 1. The molecule has 5 heteroatoms. The Morgan fingerprint density at radius 2 is 2.25 bits per heavy atom. The summed E-state index contributed by atoms with van der Waals surface area (Å²) >= 11 is 0. The number of carbonyl (C=O) groups excluding carboxylic acids is 1. The van der Waals surface area contributed by atoms with Gasteiger partial charge in [-0.1, -0.05) is 23.3 Å². The molecule has 0 saturated heterocycles. The van der Waals surface area contributed by atoms with Gasteiger partial charge in [0.1, 0.15) is 11.5 Å². The number of ether oxygens (including phenoxy) is 1. The summed E-state index contributed by atoms with van der Waals surface area (Å²) in [6.07, 6.45) is 0.705. The maximum atomic E-state index is 11.8. The van der Waals surface area contributed by atoms with Gasteiger partial charge in [-0.15, -0.1) is 0 Å². The summed E-state index contributed by atoms with van der Waals surface area (Å²) in [5.41, 5.74) is 9.21. The predicted octanol–water partition coefficient (Wildman–Crippen LogP) is 2.26. The lowest BCUT2D eigenvalue weighted by molar-refractivity contribution is -0.120. The minimum atomic E-state index is -0.599. The first-order chi connectivity index (χ1) is 7.81. The van der Waals surface area contributed by atoms with Crippen molar-refractivity contribution in [2.75, 3.05) is 6.61 Å². The molecule has 0 amide bonds. The van der Waals surface area contributed by atoms with E-state index in [9.17, 15) is 4.79 Å². The van der Waals surface area contributed by atoms with Gasteiger partial charge in [0.25, 0.3) is 0 Å². The number of carbonyl (C=O) groups is 1. The average molecular weight is 217 g/mol. The number of hydrogen-bond acceptors (Lipinski definition) is 3. The first-order valence-electron chi connectivity index (χ1n) is 5.09. The largest absolute Gasteiger partial charge is 0.493 e. The fourth-order valence-corrected chi connectivity index (χ4v) is 1.72. The van der Waals surface area contributed by atoms with Gasteiger partial charge in [0.15, 0.2) is 0 Å². The van der Waals surface area contributed by atoms with E-state index in [1.807, 2.05) is 24.3 Å². The Morgan fingerprint density at radius 3 is 3.06 bits per heavy atom. The van der Waals surface area contributed by atoms with E-state index >= 15 is 0 Å². The van der Waals surface area contributed by atoms with Crippen molar-refractivity contribution in [2.24, 2.45) is 5.11 Å². The smallest absolute Gasteiger partial charge is 0.146 e. The van der Waals surface area contributed by atoms with Gasteiger partial charge in [-0.25, -0.2) is 0 Å². The summed E-state index contributed by atoms with van der Waals surface area (Å²) in [6.45, 7) is 0.395. The number of ketones is 1. The van der Waals surface area contributed by atoms with Crippen LogP contribution >= 0.6 is 0 Å². The zero-order chi connectivity index (χ0) is 11.4. The molecule has 82 valence electrons. The lowest BCUT2D eigenvalue weighted by Gasteiger charge is -2.17. The zero-order valence-electron chi connectivity index (χ0n) is 8.67. The van der Waals surface area contributed by atoms with Crippen LogP contribution in [0.15, 0.2) is 29.4 Å². The third kappa shape index (κ3) is 2.15. The van der Waals surface area contributed by atoms with Crippen LogP contribution < -0.4 is 4.74 Å². The summed E-state index contributed by atoms with van der Waals surface area (Å²) in [4.78, 5) is 14.5. The van der Waals surface area contributed by atoms with Crippen molar-refractivity contribution >= 4 is 5.78 Å². The summed E-state index contributed by atoms with van der Waals surface area (Å²) in [5, 5.41) is 3.49. The molecule has 1 heterocycles. The van der Waals surface area contributed by atoms with Crippen molar-refractivity contribution in [3.63, 3.8) is 0 Å². The number of hydrogen-bond donors (Lipinski definition) is 0. The van der Waals surface area contributed by atoms with Gasteiger partial charge in [0, 0.05) is 16.9 Å². The molecule has 1 aliphatic heterocycles. The van der Waals surface area contributed by atoms with E-state index in [0.717, 1.165) is 11.3 Å². The molecule has 0 aromatic heterocycles. The van der Waals surface area contributed by atoms with Crippen LogP contribution in [0.1, 0.15) is 12.0 Å². The van der Waals surface area contributed by atoms with Gasteiger partial charge >= 0.3 is 0 Å². The molecule has 0 bridgehead atoms. The predicted molar refractivity (Wildman–Crippen MR) is 58.2 cm³/mol. The molecule has 1 aromatic carbocycles. The van der Waals surface area contributed by atoms with Crippen LogP contribution in [0.4, 0.5) is 0 Å². The highest BCUT2D eigenvalue weighted by Gasteiger charge is 2.21. The van der Waals surface area contributed by atoms with Crippen LogP contribution in [0, 0.1) is 0 Å². The van der Waals surface area contributed by atoms with Crippen molar-refractivity contribution in [1.82, 2.24) is 0 Å². The highest BCUT2D eigenvalue weighted by molar-refractivity contribution is 5.86. The minimum absolute atomic E-state index is 0.0476. The van der Waals surface area contributed by atoms with Crippen LogP contribution in [-0.2, 0) is 11.2 Å². The standard InChI is InChI=1S/C11H11N3O2/c12-14-13-9-5-6-16-11-4-2-1-3-8(11)7-10(9)15/h1-4,9H,5-7H2. The van der Waals surface area contributed by atoms with Crippen LogP contribution in [-0.4, -0.2) is 18.4 Å². The van der Waals surface area contributed by atoms with Gasteiger partial charge in [-0.05, 0) is 18.0 Å². The van der Waals surface area contributed by atoms with Crippen molar-refractivity contribution in [2.45, 2.75) is 18.9 Å². The Labute approximate surface area is 92.7 Å². The molecule has 0 aliphatic carbocycles. The molecule has 1 atom stereocenters. The van der Waals surface area contributed by atoms with Gasteiger partial charge in [-0.2, -0.15) is 0 Å². The summed E-state index contributed by atoms with van der Waals surface area (Å²) in [5.74, 6) is 0.698. The van der Waals surface area contributed by atoms with Crippen molar-refractivity contribution in [3.8, 4) is 5.75 Å². The topological polar surface area (TPSA) is 75.1 Å². The summed E-state index contributed by atoms with van der Waals surface area (Å²) in [7, 11) is 0. The quantitative estimate of drug-likeness (QED) is 0.411. The van der Waals surface area contributed by atoms with E-state index < -0.39 is 6.04 Å². The lowest BCUT2D eigenvalue weighted by Crippen LogP contribution is -2.25. The molecule has 0 saturated carbocycles. The molecule has 2 rings (SSSR count). The lowest BCUT2D eigenvalue weighted by atomic mass is 10.0. The summed E-state index contributed by atoms with van der Waals surface area (Å²) in [6, 6.07) is 6.83. The first-order valence-corrected chi connectivity index (χ1v) is 5.09. The molecular formula is C11H11N3O2. The second-order valence-corrected chi connectivity index (χ2v) is 3.61. The van der Waals surface area contributed by atoms with Gasteiger partial charge in [-0.3, -0.25) is 4.79 Å². The average Bonchev–Trinajstić information content (AvgIpc) is 2.28. The normalized spacial score (nSPS) is 19.8. The Bertz CT molecular complexity index is 452. The van der Waals surface area contributed by atoms with E-state index in [4.69, 9.17) is 10.3 Å². The number of para-hydroxylation sites is 1. The number of benzene rings is 1. The van der Waals surface area contributed by atoms with E-state index in [2.05, 4.69) is 10.0 Å². The van der Waals surface area contributed by atoms with Crippen molar-refractivity contribution in [1.29, 1.82) is 0 Å². The number of fused-ring (bicyclic) bond motifs is 1. The fourth-order valence-electron chi connectivity index (χ4n) is 1.72. The van der Waals surface area contributed by atoms with Crippen molar-refractivity contribution in [3.05, 3.63) is 40.3 Å². The third-order valence-electron chi connectivity index (χ3n) is 2.55. The zero-order valence-corrected chi connectivity index (χ0v) is 8.67. The Hall–Kier alpha value is -2.00. The van der Waals surface area contributed by atoms with E-state index in [1.165, 1.54) is 0 Å². The minimum Gasteiger partial charge on any atom is -0.493 e. The van der Waals surface area contributed by atoms with Crippen LogP contribution in [0.2, 0.25) is 0 Å². The van der Waals surface area contributed by atoms with Crippen LogP contribution in [0.5, 0.6) is 5.75 Å². The van der Waals surface area contributed by atoms with E-state index in [1.54, 1.807) is 0 Å². The van der Waals surface area contributed by atoms with Gasteiger partial charge in [0.05, 0.1) is 12.6 Å². The first kappa shape index (κ1) is 10.5. The number of rotatable bonds is 1. The molecule has 0 spiro atoms. The number of nitrogens with zero attached hydrogens (tertiary/aromatic N) is 3. The molecule has 1 unspecified atom stereocenters. The monoisotopic (exact) mass is 217 g/mol. The maximum Gasteiger partial charge on any atom is 0.146 e. The molecule has 0 fully saturated rings. The summed E-state index contributed by atoms with van der Waals surface area (Å²) < 4.78 is 5.52. The second kappa shape index (κ2) is 4.68. The van der Waals surface area contributed by atoms with Gasteiger partial charge in [0.2, 0.25) is 0 Å². The third-order valence-corrected chi connectivity index (χ3v) is 2.55. The fraction of sp³-hybridized carbons (Fsp3) is 0.364. The Balaban J connectivity index is 2.27. The highest BCUT2D eigenvalue weighted by atomic mass is 16.5. The molecule has 1 aliphatic rings. The maximum absolute atomic E-state index is 11.8. The SMILES string of the molecule is [N-]=[N+]=NC1CCOc2ccccc2CC1=O. The van der Waals surface area contributed by atoms with Crippen LogP contribution in [0.25, 0.3) is 10.4 Å². The molecular weight excluding hydrogens is 206 g/mol. The molecule has 1 aromatic rings. The molecule has 5 nitrogen and oxygen atoms in total. The van der Waals surface area contributed by atoms with E-state index in [0.29, 0.717) is 13.0 Å². The van der Waals surface area contributed by atoms with Crippen molar-refractivity contribution < 1.29 is 9.53 Å². The van der Waals surface area contributed by atoms with Gasteiger partial charge < -0.3 is 4.74 Å². The Morgan fingerprint density at radius 1 is 1.44 bits per heavy atom. The molecule has 16 heavy (non-hydrogen) atoms. The molecule has 0 radical (unpaired) electrons.